The van der Waals surface area contributed by atoms with Gasteiger partial charge in [0.2, 0.25) is 0 Å². The van der Waals surface area contributed by atoms with Crippen LogP contribution in [0, 0.1) is 0 Å². The van der Waals surface area contributed by atoms with Crippen LogP contribution in [0.3, 0.4) is 0 Å². The van der Waals surface area contributed by atoms with E-state index in [0.717, 1.165) is 10.2 Å². The molecular formula is C14H15N5O4. The molecule has 0 bridgehead atoms. The number of hydroxylamine groups is 1. The quantitative estimate of drug-likeness (QED) is 0.897. The topological polar surface area (TPSA) is 98.0 Å². The second kappa shape index (κ2) is 6.05. The summed E-state index contributed by atoms with van der Waals surface area (Å²) in [4.78, 5) is 29.6. The van der Waals surface area contributed by atoms with E-state index in [1.807, 2.05) is 6.92 Å². The summed E-state index contributed by atoms with van der Waals surface area (Å²) in [5.41, 5.74) is 0.986. The lowest BCUT2D eigenvalue weighted by molar-refractivity contribution is -0.262. The Morgan fingerprint density at radius 2 is 2.04 bits per heavy atom. The first-order valence-corrected chi connectivity index (χ1v) is 7.12. The minimum Gasteiger partial charge on any atom is -0.333 e. The van der Waals surface area contributed by atoms with E-state index in [9.17, 15) is 14.8 Å². The van der Waals surface area contributed by atoms with Crippen molar-refractivity contribution < 1.29 is 19.6 Å². The molecule has 1 aromatic rings. The molecule has 1 unspecified atom stereocenters. The lowest BCUT2D eigenvalue weighted by Gasteiger charge is -2.29. The van der Waals surface area contributed by atoms with Crippen LogP contribution in [0.2, 0.25) is 0 Å². The van der Waals surface area contributed by atoms with Gasteiger partial charge in [0.05, 0.1) is 18.1 Å². The summed E-state index contributed by atoms with van der Waals surface area (Å²) in [6.45, 7) is 1.84. The van der Waals surface area contributed by atoms with E-state index >= 15 is 0 Å². The van der Waals surface area contributed by atoms with Crippen molar-refractivity contribution in [2.24, 2.45) is 10.2 Å². The molecule has 0 saturated carbocycles. The van der Waals surface area contributed by atoms with Gasteiger partial charge in [-0.15, -0.1) is 15.3 Å². The highest BCUT2D eigenvalue weighted by molar-refractivity contribution is 6.16. The van der Waals surface area contributed by atoms with Crippen molar-refractivity contribution in [2.45, 2.75) is 25.8 Å². The Bertz CT molecular complexity index is 690. The van der Waals surface area contributed by atoms with Gasteiger partial charge in [-0.25, -0.2) is 4.79 Å². The number of rotatable bonds is 4. The van der Waals surface area contributed by atoms with Gasteiger partial charge in [-0.2, -0.15) is 5.10 Å². The Kier molecular flexibility index (Phi) is 3.94. The molecule has 3 rings (SSSR count). The molecular weight excluding hydrogens is 302 g/mol. The summed E-state index contributed by atoms with van der Waals surface area (Å²) in [7, 11) is 0. The maximum Gasteiger partial charge on any atom is 0.333 e. The highest BCUT2D eigenvalue weighted by Gasteiger charge is 2.45. The molecule has 0 radical (unpaired) electrons. The summed E-state index contributed by atoms with van der Waals surface area (Å²) in [5.74, 6) is -1.04. The highest BCUT2D eigenvalue weighted by Crippen LogP contribution is 2.40. The number of benzene rings is 1. The van der Waals surface area contributed by atoms with Crippen molar-refractivity contribution in [1.82, 2.24) is 10.4 Å². The predicted molar refractivity (Wildman–Crippen MR) is 80.1 cm³/mol. The molecule has 0 saturated heterocycles. The number of fused-ring (bicyclic) bond motifs is 1. The fourth-order valence-electron chi connectivity index (χ4n) is 2.39. The van der Waals surface area contributed by atoms with Crippen LogP contribution in [-0.2, 0) is 14.4 Å². The van der Waals surface area contributed by atoms with Gasteiger partial charge in [-0.3, -0.25) is 10.0 Å². The molecule has 9 nitrogen and oxygen atoms in total. The van der Waals surface area contributed by atoms with Crippen molar-refractivity contribution in [1.29, 1.82) is 0 Å². The summed E-state index contributed by atoms with van der Waals surface area (Å²) < 4.78 is 0. The molecule has 23 heavy (non-hydrogen) atoms. The standard InChI is InChI=1S/C14H15N5O4/c1-2-5-12(20)23-17-11-7-4-3-6-10(11)13(14(17)21)18-15-8-9-16-19(18)22/h3-4,6-9,13,22H,2,5H2,1H3. The van der Waals surface area contributed by atoms with Gasteiger partial charge in [0.25, 0.3) is 5.91 Å². The fraction of sp³-hybridized carbons (Fsp3) is 0.286. The summed E-state index contributed by atoms with van der Waals surface area (Å²) in [5, 5.41) is 19.8. The van der Waals surface area contributed by atoms with Crippen LogP contribution in [0.15, 0.2) is 34.5 Å². The Hall–Kier alpha value is -2.94. The third-order valence-corrected chi connectivity index (χ3v) is 3.37. The van der Waals surface area contributed by atoms with Crippen LogP contribution < -0.4 is 5.06 Å². The minimum absolute atomic E-state index is 0.203. The number of hydrogen-bond acceptors (Lipinski definition) is 8. The molecule has 1 aromatic carbocycles. The van der Waals surface area contributed by atoms with E-state index in [1.54, 1.807) is 24.3 Å². The number of para-hydroxylation sites is 1. The number of hydrazine groups is 1. The maximum atomic E-state index is 12.7. The number of nitrogens with zero attached hydrogens (tertiary/aromatic N) is 5. The number of amides is 1. The summed E-state index contributed by atoms with van der Waals surface area (Å²) in [6.07, 6.45) is 3.44. The van der Waals surface area contributed by atoms with E-state index in [-0.39, 0.29) is 6.42 Å². The van der Waals surface area contributed by atoms with E-state index in [4.69, 9.17) is 4.84 Å². The van der Waals surface area contributed by atoms with Crippen LogP contribution >= 0.6 is 0 Å². The molecule has 2 heterocycles. The van der Waals surface area contributed by atoms with Crippen LogP contribution in [0.4, 0.5) is 5.69 Å². The van der Waals surface area contributed by atoms with E-state index < -0.39 is 17.9 Å². The molecule has 2 aliphatic heterocycles. The Labute approximate surface area is 131 Å². The smallest absolute Gasteiger partial charge is 0.333 e. The van der Waals surface area contributed by atoms with Crippen molar-refractivity contribution in [3.8, 4) is 0 Å². The zero-order valence-corrected chi connectivity index (χ0v) is 12.4. The van der Waals surface area contributed by atoms with Crippen molar-refractivity contribution in [2.75, 3.05) is 5.06 Å². The molecule has 0 aliphatic carbocycles. The average Bonchev–Trinajstić information content (AvgIpc) is 2.81. The zero-order valence-electron chi connectivity index (χ0n) is 12.4. The third-order valence-electron chi connectivity index (χ3n) is 3.37. The average molecular weight is 317 g/mol. The Balaban J connectivity index is 1.94. The van der Waals surface area contributed by atoms with E-state index in [2.05, 4.69) is 10.2 Å². The molecule has 2 aliphatic rings. The van der Waals surface area contributed by atoms with Crippen LogP contribution in [0.5, 0.6) is 0 Å². The number of hydrazone groups is 2. The van der Waals surface area contributed by atoms with E-state index in [1.165, 1.54) is 12.4 Å². The molecule has 9 heteroatoms. The first-order valence-electron chi connectivity index (χ1n) is 7.12. The Morgan fingerprint density at radius 1 is 1.30 bits per heavy atom. The van der Waals surface area contributed by atoms with Gasteiger partial charge in [0.1, 0.15) is 0 Å². The summed E-state index contributed by atoms with van der Waals surface area (Å²) in [6, 6.07) is 5.86. The predicted octanol–water partition coefficient (Wildman–Crippen LogP) is 1.23. The lowest BCUT2D eigenvalue weighted by atomic mass is 10.1. The SMILES string of the molecule is CCCC(=O)ON1C(=O)C(N2N=CC=NN2O)c2ccccc21. The Morgan fingerprint density at radius 3 is 2.78 bits per heavy atom. The van der Waals surface area contributed by atoms with Crippen molar-refractivity contribution in [3.05, 3.63) is 29.8 Å². The van der Waals surface area contributed by atoms with Crippen LogP contribution in [-0.4, -0.2) is 39.9 Å². The van der Waals surface area contributed by atoms with E-state index in [0.29, 0.717) is 23.0 Å². The van der Waals surface area contributed by atoms with Crippen molar-refractivity contribution >= 4 is 30.0 Å². The minimum atomic E-state index is -0.973. The molecule has 0 fully saturated rings. The first kappa shape index (κ1) is 15.0. The second-order valence-electron chi connectivity index (χ2n) is 4.93. The van der Waals surface area contributed by atoms with Gasteiger partial charge >= 0.3 is 5.97 Å². The molecule has 0 aromatic heterocycles. The fourth-order valence-corrected chi connectivity index (χ4v) is 2.39. The largest absolute Gasteiger partial charge is 0.333 e. The van der Waals surface area contributed by atoms with Gasteiger partial charge < -0.3 is 4.84 Å². The first-order chi connectivity index (χ1) is 11.1. The van der Waals surface area contributed by atoms with Crippen molar-refractivity contribution in [3.63, 3.8) is 0 Å². The van der Waals surface area contributed by atoms with Gasteiger partial charge in [-0.1, -0.05) is 30.4 Å². The second-order valence-corrected chi connectivity index (χ2v) is 4.93. The molecule has 1 N–H and O–H groups in total. The zero-order chi connectivity index (χ0) is 16.4. The number of anilines is 1. The maximum absolute atomic E-state index is 12.7. The van der Waals surface area contributed by atoms with Gasteiger partial charge in [-0.05, 0) is 12.5 Å². The lowest BCUT2D eigenvalue weighted by Crippen LogP contribution is -2.43. The molecule has 120 valence electrons. The number of carbonyl (C=O) groups is 2. The molecule has 1 amide bonds. The number of carbonyl (C=O) groups excluding carboxylic acids is 2. The highest BCUT2D eigenvalue weighted by atomic mass is 16.7. The molecule has 0 spiro atoms. The monoisotopic (exact) mass is 317 g/mol. The number of hydrogen-bond donors (Lipinski definition) is 1. The van der Waals surface area contributed by atoms with Gasteiger partial charge in [0.15, 0.2) is 6.04 Å². The third kappa shape index (κ3) is 2.61. The van der Waals surface area contributed by atoms with Crippen LogP contribution in [0.1, 0.15) is 31.4 Å². The van der Waals surface area contributed by atoms with Gasteiger partial charge in [0, 0.05) is 12.0 Å². The van der Waals surface area contributed by atoms with Crippen LogP contribution in [0.25, 0.3) is 0 Å². The summed E-state index contributed by atoms with van der Waals surface area (Å²) >= 11 is 0. The molecule has 1 atom stereocenters. The normalized spacial score (nSPS) is 19.3.